The number of aromatic hydroxyl groups is 1. The van der Waals surface area contributed by atoms with Crippen molar-refractivity contribution >= 4 is 57.7 Å². The van der Waals surface area contributed by atoms with Crippen LogP contribution < -0.4 is 16.5 Å². The number of carbonyl (C=O) groups excluding carboxylic acids is 3. The van der Waals surface area contributed by atoms with Gasteiger partial charge in [0, 0.05) is 41.1 Å². The van der Waals surface area contributed by atoms with Gasteiger partial charge in [0.2, 0.25) is 11.0 Å². The van der Waals surface area contributed by atoms with Crippen molar-refractivity contribution in [1.29, 1.82) is 0 Å². The number of nitrogens with one attached hydrogen (secondary N) is 2. The first kappa shape index (κ1) is 36.4. The lowest BCUT2D eigenvalue weighted by molar-refractivity contribution is -0.885. The van der Waals surface area contributed by atoms with E-state index in [4.69, 9.17) is 15.3 Å². The van der Waals surface area contributed by atoms with Crippen molar-refractivity contribution in [3.8, 4) is 5.75 Å². The van der Waals surface area contributed by atoms with Crippen molar-refractivity contribution in [3.05, 3.63) is 50.5 Å². The molecule has 2 aliphatic heterocycles. The molecule has 0 bridgehead atoms. The van der Waals surface area contributed by atoms with Crippen LogP contribution in [0.1, 0.15) is 46.0 Å². The largest absolute Gasteiger partial charge is 0.503 e. The molecule has 48 heavy (non-hydrogen) atoms. The molecule has 2 amide bonds. The van der Waals surface area contributed by atoms with Crippen LogP contribution in [0.2, 0.25) is 0 Å². The predicted molar refractivity (Wildman–Crippen MR) is 178 cm³/mol. The molecule has 0 aromatic carbocycles. The second-order valence-electron chi connectivity index (χ2n) is 13.5. The molecule has 0 aliphatic carbocycles. The van der Waals surface area contributed by atoms with E-state index in [1.54, 1.807) is 20.8 Å². The number of hydrogen-bond donors (Lipinski definition) is 5. The fourth-order valence-electron chi connectivity index (χ4n) is 4.88. The molecule has 2 atom stereocenters. The number of fused-ring (bicyclic) bond motifs is 1. The van der Waals surface area contributed by atoms with E-state index in [0.29, 0.717) is 35.3 Å². The van der Waals surface area contributed by atoms with Gasteiger partial charge in [-0.1, -0.05) is 5.16 Å². The summed E-state index contributed by atoms with van der Waals surface area (Å²) in [6, 6.07) is 0.242. The minimum absolute atomic E-state index is 0.0553. The Morgan fingerprint density at radius 3 is 2.50 bits per heavy atom. The summed E-state index contributed by atoms with van der Waals surface area (Å²) in [6.07, 6.45) is 1.68. The number of carboxylic acid groups (broad SMARTS) is 1. The summed E-state index contributed by atoms with van der Waals surface area (Å²) in [5.41, 5.74) is 3.64. The number of amides is 2. The number of pyridine rings is 1. The highest BCUT2D eigenvalue weighted by atomic mass is 32.2. The van der Waals surface area contributed by atoms with Crippen LogP contribution in [-0.4, -0.2) is 115 Å². The maximum absolute atomic E-state index is 13.5. The molecule has 0 radical (unpaired) electrons. The molecule has 260 valence electrons. The Morgan fingerprint density at radius 1 is 1.23 bits per heavy atom. The molecule has 0 unspecified atom stereocenters. The van der Waals surface area contributed by atoms with Crippen molar-refractivity contribution in [1.82, 2.24) is 20.2 Å². The van der Waals surface area contributed by atoms with E-state index < -0.39 is 51.8 Å². The number of rotatable bonds is 12. The zero-order valence-electron chi connectivity index (χ0n) is 27.7. The number of esters is 1. The Kier molecular flexibility index (Phi) is 10.3. The number of nitrogens with two attached hydrogens (primary N) is 1. The first-order valence-electron chi connectivity index (χ1n) is 14.8. The zero-order valence-corrected chi connectivity index (χ0v) is 29.3. The van der Waals surface area contributed by atoms with Gasteiger partial charge in [0.05, 0.1) is 20.6 Å². The highest BCUT2D eigenvalue weighted by Gasteiger charge is 2.55. The summed E-state index contributed by atoms with van der Waals surface area (Å²) in [6.45, 7) is 8.76. The Balaban J connectivity index is 1.50. The van der Waals surface area contributed by atoms with E-state index in [0.717, 1.165) is 11.3 Å². The van der Waals surface area contributed by atoms with Gasteiger partial charge in [0.15, 0.2) is 16.6 Å². The highest BCUT2D eigenvalue weighted by molar-refractivity contribution is 8.00. The van der Waals surface area contributed by atoms with Gasteiger partial charge in [-0.3, -0.25) is 19.3 Å². The van der Waals surface area contributed by atoms with Crippen LogP contribution in [0.4, 0.5) is 5.13 Å². The zero-order chi connectivity index (χ0) is 35.8. The molecule has 6 N–H and O–H groups in total. The maximum atomic E-state index is 13.5. The predicted octanol–water partition coefficient (Wildman–Crippen LogP) is 1.02. The number of aromatic amines is 1. The van der Waals surface area contributed by atoms with E-state index in [-0.39, 0.29) is 33.7 Å². The van der Waals surface area contributed by atoms with E-state index in [9.17, 15) is 34.2 Å². The fourth-order valence-corrected chi connectivity index (χ4v) is 6.77. The summed E-state index contributed by atoms with van der Waals surface area (Å²) in [7, 11) is 3.81. The summed E-state index contributed by atoms with van der Waals surface area (Å²) in [4.78, 5) is 77.5. The van der Waals surface area contributed by atoms with Gasteiger partial charge in [0.25, 0.3) is 11.8 Å². The summed E-state index contributed by atoms with van der Waals surface area (Å²) in [5, 5.41) is 27.1. The third-order valence-electron chi connectivity index (χ3n) is 7.33. The smallest absolute Gasteiger partial charge is 0.353 e. The minimum Gasteiger partial charge on any atom is -0.503 e. The number of thiazole rings is 1. The van der Waals surface area contributed by atoms with Crippen LogP contribution in [0.15, 0.2) is 38.9 Å². The molecular weight excluding hydrogens is 667 g/mol. The Labute approximate surface area is 284 Å². The average Bonchev–Trinajstić information content (AvgIpc) is 3.40. The van der Waals surface area contributed by atoms with Crippen LogP contribution in [0, 0.1) is 0 Å². The van der Waals surface area contributed by atoms with E-state index in [1.165, 1.54) is 48.2 Å². The van der Waals surface area contributed by atoms with Gasteiger partial charge in [-0.05, 0) is 34.6 Å². The lowest BCUT2D eigenvalue weighted by Gasteiger charge is -2.49. The van der Waals surface area contributed by atoms with E-state index in [2.05, 4.69) is 20.4 Å². The molecule has 2 aromatic heterocycles. The number of H-pyrrole nitrogens is 1. The molecule has 4 rings (SSSR count). The summed E-state index contributed by atoms with van der Waals surface area (Å²) in [5.74, 6) is -3.53. The standard InChI is InChI=1S/C30H39N7O9S2/c1-29(2,3)45-27(44)30(4,5)46-35-20(17-14-48-28(31)33-17)23(40)34-21-24(41)36-22(26(42)43)15(13-47-25(21)36)12-37(6,7)9-8-16-10-18(38)19(39)11-32-16/h10-11,14,21,25H,8-9,12-13H2,1-7H3,(H5-,31,32,33,34,35,38,39,40,42,43)/p+1/t21-,25-/m1/s1. The van der Waals surface area contributed by atoms with Gasteiger partial charge < -0.3 is 40.3 Å². The minimum atomic E-state index is -1.59. The number of ether oxygens (including phenoxy) is 1. The number of β-lactam (4-membered cyclic amide) rings is 1. The molecule has 1 saturated heterocycles. The van der Waals surface area contributed by atoms with E-state index in [1.807, 2.05) is 14.1 Å². The average molecular weight is 707 g/mol. The number of carboxylic acids is 1. The molecule has 16 nitrogen and oxygen atoms in total. The van der Waals surface area contributed by atoms with Crippen molar-refractivity contribution in [2.24, 2.45) is 5.16 Å². The molecular formula is C30H40N7O9S2+. The number of carbonyl (C=O) groups is 4. The SMILES string of the molecule is CC(C)(C)OC(=O)C(C)(C)ON=C(C(=O)N[C@@H]1C(=O)N2C(C(=O)O)=C(C[N+](C)(C)CCc3cc(=O)c(O)c[nH]3)CS[C@H]12)c1csc(N)n1. The number of quaternary nitrogens is 1. The van der Waals surface area contributed by atoms with Gasteiger partial charge >= 0.3 is 11.9 Å². The number of nitrogen functional groups attached to an aromatic ring is 1. The Morgan fingerprint density at radius 2 is 1.92 bits per heavy atom. The maximum Gasteiger partial charge on any atom is 0.353 e. The topological polar surface area (TPSA) is 227 Å². The number of aliphatic carboxylic acids is 1. The first-order chi connectivity index (χ1) is 22.2. The van der Waals surface area contributed by atoms with Gasteiger partial charge in [-0.2, -0.15) is 0 Å². The van der Waals surface area contributed by atoms with Crippen LogP contribution in [0.3, 0.4) is 0 Å². The van der Waals surface area contributed by atoms with Crippen LogP contribution in [-0.2, 0) is 35.2 Å². The normalized spacial score (nSPS) is 18.6. The molecule has 4 heterocycles. The number of anilines is 1. The highest BCUT2D eigenvalue weighted by Crippen LogP contribution is 2.41. The third-order valence-corrected chi connectivity index (χ3v) is 9.34. The van der Waals surface area contributed by atoms with Crippen molar-refractivity contribution in [3.63, 3.8) is 0 Å². The molecule has 2 aliphatic rings. The number of oxime groups is 1. The molecule has 0 saturated carbocycles. The molecule has 0 spiro atoms. The fraction of sp³-hybridized carbons (Fsp3) is 0.500. The monoisotopic (exact) mass is 706 g/mol. The van der Waals surface area contributed by atoms with Gasteiger partial charge in [-0.25, -0.2) is 14.6 Å². The Hall–Kier alpha value is -4.42. The van der Waals surface area contributed by atoms with Crippen molar-refractivity contribution < 1.29 is 43.4 Å². The lowest BCUT2D eigenvalue weighted by atomic mass is 10.0. The van der Waals surface area contributed by atoms with E-state index >= 15 is 0 Å². The van der Waals surface area contributed by atoms with Crippen LogP contribution in [0.5, 0.6) is 5.75 Å². The second kappa shape index (κ2) is 13.6. The van der Waals surface area contributed by atoms with Gasteiger partial charge in [-0.15, -0.1) is 23.1 Å². The van der Waals surface area contributed by atoms with Crippen LogP contribution in [0.25, 0.3) is 0 Å². The molecule has 2 aromatic rings. The lowest BCUT2D eigenvalue weighted by Crippen LogP contribution is -2.71. The quantitative estimate of drug-likeness (QED) is 0.0686. The molecule has 18 heteroatoms. The summed E-state index contributed by atoms with van der Waals surface area (Å²) >= 11 is 2.36. The van der Waals surface area contributed by atoms with Crippen LogP contribution >= 0.6 is 23.1 Å². The first-order valence-corrected chi connectivity index (χ1v) is 16.8. The second-order valence-corrected chi connectivity index (χ2v) is 15.5. The number of nitrogens with zero attached hydrogens (tertiary/aromatic N) is 4. The van der Waals surface area contributed by atoms with Crippen molar-refractivity contribution in [2.75, 3.05) is 38.7 Å². The Bertz CT molecular complexity index is 1740. The molecule has 1 fully saturated rings. The van der Waals surface area contributed by atoms with Gasteiger partial charge in [0.1, 0.15) is 35.0 Å². The number of aromatic nitrogens is 2. The third kappa shape index (κ3) is 8.35. The number of likely N-dealkylation sites (N-methyl/N-ethyl adjacent to an activating group) is 1. The number of thioether (sulfide) groups is 1. The summed E-state index contributed by atoms with van der Waals surface area (Å²) < 4.78 is 5.73. The van der Waals surface area contributed by atoms with Crippen molar-refractivity contribution in [2.45, 2.75) is 63.7 Å². The number of hydrogen-bond acceptors (Lipinski definition) is 13.